The van der Waals surface area contributed by atoms with E-state index in [1.165, 1.54) is 0 Å². The molecule has 1 amide bonds. The lowest BCUT2D eigenvalue weighted by Crippen LogP contribution is -2.32. The van der Waals surface area contributed by atoms with Crippen molar-refractivity contribution in [2.24, 2.45) is 0 Å². The highest BCUT2D eigenvalue weighted by atomic mass is 16.2. The van der Waals surface area contributed by atoms with Crippen LogP contribution in [0.4, 0.5) is 11.5 Å². The number of hydrogen-bond acceptors (Lipinski definition) is 6. The number of aromatic nitrogens is 4. The Labute approximate surface area is 192 Å². The van der Waals surface area contributed by atoms with E-state index in [4.69, 9.17) is 5.26 Å². The van der Waals surface area contributed by atoms with Crippen molar-refractivity contribution >= 4 is 23.0 Å². The molecular formula is C25H23N7O. The molecule has 0 unspecified atom stereocenters. The maximum absolute atomic E-state index is 12.2. The fourth-order valence-electron chi connectivity index (χ4n) is 3.46. The Kier molecular flexibility index (Phi) is 6.71. The van der Waals surface area contributed by atoms with Gasteiger partial charge in [-0.15, -0.1) is 0 Å². The Hall–Kier alpha value is -4.51. The highest BCUT2D eigenvalue weighted by Gasteiger charge is 2.15. The lowest BCUT2D eigenvalue weighted by atomic mass is 10.1. The maximum atomic E-state index is 12.2. The number of allylic oxidation sites excluding steroid dienone is 2. The summed E-state index contributed by atoms with van der Waals surface area (Å²) in [5.74, 6) is 1.07. The van der Waals surface area contributed by atoms with Gasteiger partial charge in [-0.05, 0) is 35.8 Å². The summed E-state index contributed by atoms with van der Waals surface area (Å²) < 4.78 is 0. The number of nitrogens with one attached hydrogen (secondary N) is 2. The number of benzene rings is 1. The standard InChI is InChI=1S/C25H23N7O/c1-18-4-5-20(3-2-14-32(17-18)24(33)10-12-26)25-27-13-11-23(31-25)30-22-8-6-19(7-9-22)21-15-28-29-16-21/h3-9,11,13,15-16H,1-2,10,14,17H2,(H,28,29)(H,27,30,31)/b5-4-,20-3+. The second kappa shape index (κ2) is 10.2. The fourth-order valence-corrected chi connectivity index (χ4v) is 3.46. The number of carbonyl (C=O) groups is 1. The SMILES string of the molecule is C=C1/C=C\C(c2nccc(Nc3ccc(-c4cn[nH]c4)cc3)n2)=C/CCN(C(=O)CC#N)C1. The number of amides is 1. The zero-order chi connectivity index (χ0) is 23.0. The van der Waals surface area contributed by atoms with Crippen LogP contribution < -0.4 is 5.32 Å². The van der Waals surface area contributed by atoms with Crippen LogP contribution in [0.25, 0.3) is 16.7 Å². The van der Waals surface area contributed by atoms with E-state index in [1.807, 2.05) is 60.8 Å². The molecule has 3 aromatic rings. The molecule has 0 saturated carbocycles. The summed E-state index contributed by atoms with van der Waals surface area (Å²) >= 11 is 0. The topological polar surface area (TPSA) is 111 Å². The summed E-state index contributed by atoms with van der Waals surface area (Å²) in [5.41, 5.74) is 4.64. The zero-order valence-electron chi connectivity index (χ0n) is 18.0. The maximum Gasteiger partial charge on any atom is 0.237 e. The van der Waals surface area contributed by atoms with E-state index in [0.717, 1.165) is 28.0 Å². The molecule has 3 heterocycles. The van der Waals surface area contributed by atoms with Crippen LogP contribution in [0.1, 0.15) is 18.7 Å². The second-order valence-corrected chi connectivity index (χ2v) is 7.54. The van der Waals surface area contributed by atoms with Gasteiger partial charge >= 0.3 is 0 Å². The monoisotopic (exact) mass is 437 g/mol. The van der Waals surface area contributed by atoms with E-state index in [1.54, 1.807) is 17.3 Å². The minimum Gasteiger partial charge on any atom is -0.340 e. The predicted octanol–water partition coefficient (Wildman–Crippen LogP) is 4.25. The predicted molar refractivity (Wildman–Crippen MR) is 127 cm³/mol. The van der Waals surface area contributed by atoms with Gasteiger partial charge in [-0.1, -0.05) is 36.9 Å². The number of aromatic amines is 1. The van der Waals surface area contributed by atoms with E-state index < -0.39 is 0 Å². The molecule has 1 aliphatic heterocycles. The molecule has 0 spiro atoms. The Morgan fingerprint density at radius 1 is 1.21 bits per heavy atom. The third-order valence-electron chi connectivity index (χ3n) is 5.14. The van der Waals surface area contributed by atoms with E-state index >= 15 is 0 Å². The average molecular weight is 438 g/mol. The summed E-state index contributed by atoms with van der Waals surface area (Å²) in [7, 11) is 0. The normalized spacial score (nSPS) is 16.5. The van der Waals surface area contributed by atoms with Crippen LogP contribution in [-0.2, 0) is 4.79 Å². The van der Waals surface area contributed by atoms with Crippen LogP contribution in [0.15, 0.2) is 79.3 Å². The first-order valence-electron chi connectivity index (χ1n) is 10.5. The molecule has 4 rings (SSSR count). The van der Waals surface area contributed by atoms with Gasteiger partial charge in [0.1, 0.15) is 12.2 Å². The summed E-state index contributed by atoms with van der Waals surface area (Å²) in [5, 5.41) is 18.9. The van der Waals surface area contributed by atoms with Crippen LogP contribution >= 0.6 is 0 Å². The second-order valence-electron chi connectivity index (χ2n) is 7.54. The van der Waals surface area contributed by atoms with Gasteiger partial charge in [-0.3, -0.25) is 9.89 Å². The Morgan fingerprint density at radius 2 is 2.06 bits per heavy atom. The summed E-state index contributed by atoms with van der Waals surface area (Å²) in [6.07, 6.45) is 11.6. The van der Waals surface area contributed by atoms with Crippen molar-refractivity contribution < 1.29 is 4.79 Å². The van der Waals surface area contributed by atoms with Crippen molar-refractivity contribution in [3.8, 4) is 17.2 Å². The summed E-state index contributed by atoms with van der Waals surface area (Å²) in [4.78, 5) is 22.9. The number of H-pyrrole nitrogens is 1. The van der Waals surface area contributed by atoms with Crippen LogP contribution in [0, 0.1) is 11.3 Å². The zero-order valence-corrected chi connectivity index (χ0v) is 18.0. The minimum atomic E-state index is -0.190. The van der Waals surface area contributed by atoms with Crippen molar-refractivity contribution in [1.29, 1.82) is 5.26 Å². The summed E-state index contributed by atoms with van der Waals surface area (Å²) in [6, 6.07) is 11.7. The van der Waals surface area contributed by atoms with E-state index in [-0.39, 0.29) is 12.3 Å². The van der Waals surface area contributed by atoms with Gasteiger partial charge in [0.15, 0.2) is 5.82 Å². The van der Waals surface area contributed by atoms with Gasteiger partial charge in [0.2, 0.25) is 5.91 Å². The van der Waals surface area contributed by atoms with Gasteiger partial charge in [0, 0.05) is 42.3 Å². The van der Waals surface area contributed by atoms with Crippen molar-refractivity contribution in [2.75, 3.05) is 18.4 Å². The lowest BCUT2D eigenvalue weighted by Gasteiger charge is -2.20. The quantitative estimate of drug-likeness (QED) is 0.617. The third kappa shape index (κ3) is 5.60. The number of hydrogen-bond donors (Lipinski definition) is 2. The van der Waals surface area contributed by atoms with Gasteiger partial charge in [-0.2, -0.15) is 10.4 Å². The molecule has 1 aromatic carbocycles. The number of nitriles is 1. The summed E-state index contributed by atoms with van der Waals surface area (Å²) in [6.45, 7) is 4.93. The molecule has 164 valence electrons. The molecule has 1 aliphatic rings. The van der Waals surface area contributed by atoms with Gasteiger partial charge in [0.25, 0.3) is 0 Å². The molecule has 0 bridgehead atoms. The molecule has 33 heavy (non-hydrogen) atoms. The molecule has 8 heteroatoms. The molecule has 0 radical (unpaired) electrons. The highest BCUT2D eigenvalue weighted by molar-refractivity contribution is 5.79. The van der Waals surface area contributed by atoms with E-state index in [2.05, 4.69) is 32.1 Å². The number of nitrogens with zero attached hydrogens (tertiary/aromatic N) is 5. The van der Waals surface area contributed by atoms with Crippen molar-refractivity contribution in [3.63, 3.8) is 0 Å². The smallest absolute Gasteiger partial charge is 0.237 e. The van der Waals surface area contributed by atoms with Crippen LogP contribution in [0.5, 0.6) is 0 Å². The molecular weight excluding hydrogens is 414 g/mol. The van der Waals surface area contributed by atoms with Gasteiger partial charge in [-0.25, -0.2) is 9.97 Å². The minimum absolute atomic E-state index is 0.131. The number of rotatable bonds is 5. The molecule has 2 N–H and O–H groups in total. The van der Waals surface area contributed by atoms with Crippen LogP contribution in [-0.4, -0.2) is 44.1 Å². The van der Waals surface area contributed by atoms with Crippen molar-refractivity contribution in [3.05, 3.63) is 85.1 Å². The molecule has 2 aromatic heterocycles. The van der Waals surface area contributed by atoms with Crippen LogP contribution in [0.3, 0.4) is 0 Å². The highest BCUT2D eigenvalue weighted by Crippen LogP contribution is 2.23. The third-order valence-corrected chi connectivity index (χ3v) is 5.14. The Balaban J connectivity index is 1.49. The molecule has 0 fully saturated rings. The van der Waals surface area contributed by atoms with Gasteiger partial charge < -0.3 is 10.2 Å². The van der Waals surface area contributed by atoms with E-state index in [9.17, 15) is 4.79 Å². The van der Waals surface area contributed by atoms with Gasteiger partial charge in [0.05, 0.1) is 12.3 Å². The first kappa shape index (κ1) is 21.7. The number of carbonyl (C=O) groups excluding carboxylic acids is 1. The van der Waals surface area contributed by atoms with Crippen LogP contribution in [0.2, 0.25) is 0 Å². The van der Waals surface area contributed by atoms with Crippen molar-refractivity contribution in [2.45, 2.75) is 12.8 Å². The fraction of sp³-hybridized carbons (Fsp3) is 0.160. The Bertz CT molecular complexity index is 1230. The first-order valence-corrected chi connectivity index (χ1v) is 10.5. The average Bonchev–Trinajstić information content (AvgIpc) is 3.38. The molecule has 0 atom stereocenters. The molecule has 8 nitrogen and oxygen atoms in total. The first-order chi connectivity index (χ1) is 16.1. The Morgan fingerprint density at radius 3 is 2.82 bits per heavy atom. The molecule has 0 aliphatic carbocycles. The molecule has 0 saturated heterocycles. The largest absolute Gasteiger partial charge is 0.340 e. The number of anilines is 2. The van der Waals surface area contributed by atoms with E-state index in [0.29, 0.717) is 31.2 Å². The van der Waals surface area contributed by atoms with Crippen molar-refractivity contribution in [1.82, 2.24) is 25.1 Å². The lowest BCUT2D eigenvalue weighted by molar-refractivity contribution is -0.129.